The molecule has 2 aromatic rings. The lowest BCUT2D eigenvalue weighted by molar-refractivity contribution is -0.126. The van der Waals surface area contributed by atoms with E-state index in [1.807, 2.05) is 32.0 Å². The molecule has 1 aromatic carbocycles. The van der Waals surface area contributed by atoms with Gasteiger partial charge in [0.05, 0.1) is 13.2 Å². The van der Waals surface area contributed by atoms with Gasteiger partial charge in [0.15, 0.2) is 0 Å². The lowest BCUT2D eigenvalue weighted by Gasteiger charge is -2.31. The third kappa shape index (κ3) is 4.82. The average molecular weight is 437 g/mol. The van der Waals surface area contributed by atoms with Crippen molar-refractivity contribution in [1.29, 1.82) is 0 Å². The number of nitrogens with zero attached hydrogens (tertiary/aromatic N) is 1. The molecule has 1 saturated heterocycles. The van der Waals surface area contributed by atoms with Crippen LogP contribution < -0.4 is 10.1 Å². The van der Waals surface area contributed by atoms with E-state index in [0.717, 1.165) is 23.3 Å². The molecule has 1 N–H and O–H groups in total. The van der Waals surface area contributed by atoms with Crippen molar-refractivity contribution in [2.75, 3.05) is 20.2 Å². The van der Waals surface area contributed by atoms with Gasteiger partial charge in [-0.05, 0) is 54.8 Å². The Morgan fingerprint density at radius 3 is 2.59 bits per heavy atom. The van der Waals surface area contributed by atoms with Gasteiger partial charge in [-0.15, -0.1) is 11.3 Å². The quantitative estimate of drug-likeness (QED) is 0.718. The van der Waals surface area contributed by atoms with Gasteiger partial charge in [0.2, 0.25) is 5.91 Å². The Labute approximate surface area is 176 Å². The normalized spacial score (nSPS) is 17.1. The van der Waals surface area contributed by atoms with Gasteiger partial charge in [0, 0.05) is 19.0 Å². The summed E-state index contributed by atoms with van der Waals surface area (Å²) in [4.78, 5) is 12.8. The first-order chi connectivity index (χ1) is 13.9. The van der Waals surface area contributed by atoms with Crippen molar-refractivity contribution in [3.63, 3.8) is 0 Å². The molecule has 1 amide bonds. The molecule has 0 aliphatic carbocycles. The van der Waals surface area contributed by atoms with Crippen LogP contribution in [0.25, 0.3) is 0 Å². The zero-order chi connectivity index (χ0) is 21.0. The lowest BCUT2D eigenvalue weighted by Crippen LogP contribution is -2.43. The molecular formula is C21H28N2O4S2. The van der Waals surface area contributed by atoms with E-state index in [9.17, 15) is 13.2 Å². The van der Waals surface area contributed by atoms with Crippen LogP contribution in [0.3, 0.4) is 0 Å². The minimum Gasteiger partial charge on any atom is -0.496 e. The summed E-state index contributed by atoms with van der Waals surface area (Å²) in [7, 11) is -1.80. The number of piperidine rings is 1. The summed E-state index contributed by atoms with van der Waals surface area (Å²) in [5, 5.41) is 4.92. The molecule has 1 aliphatic heterocycles. The van der Waals surface area contributed by atoms with Crippen molar-refractivity contribution in [2.45, 2.75) is 43.4 Å². The fraction of sp³-hybridized carbons (Fsp3) is 0.476. The van der Waals surface area contributed by atoms with E-state index in [1.54, 1.807) is 24.6 Å². The number of hydrogen-bond donors (Lipinski definition) is 1. The second-order valence-electron chi connectivity index (χ2n) is 7.31. The van der Waals surface area contributed by atoms with Crippen LogP contribution in [0, 0.1) is 12.8 Å². The van der Waals surface area contributed by atoms with Gasteiger partial charge < -0.3 is 10.1 Å². The van der Waals surface area contributed by atoms with Crippen molar-refractivity contribution >= 4 is 27.3 Å². The van der Waals surface area contributed by atoms with Gasteiger partial charge in [0.1, 0.15) is 9.96 Å². The number of nitrogens with one attached hydrogen (secondary N) is 1. The van der Waals surface area contributed by atoms with Crippen molar-refractivity contribution in [3.8, 4) is 5.75 Å². The zero-order valence-corrected chi connectivity index (χ0v) is 18.7. The third-order valence-electron chi connectivity index (χ3n) is 5.46. The molecule has 8 heteroatoms. The molecule has 0 radical (unpaired) electrons. The van der Waals surface area contributed by atoms with Crippen LogP contribution in [0.4, 0.5) is 0 Å². The molecule has 1 fully saturated rings. The number of ether oxygens (including phenoxy) is 1. The minimum atomic E-state index is -3.44. The van der Waals surface area contributed by atoms with E-state index in [2.05, 4.69) is 5.32 Å². The third-order valence-corrected chi connectivity index (χ3v) is 8.73. The number of benzene rings is 1. The van der Waals surface area contributed by atoms with Gasteiger partial charge in [0.25, 0.3) is 10.0 Å². The van der Waals surface area contributed by atoms with Crippen LogP contribution in [-0.4, -0.2) is 38.8 Å². The molecule has 3 rings (SSSR count). The molecule has 1 aromatic heterocycles. The highest BCUT2D eigenvalue weighted by atomic mass is 32.2. The largest absolute Gasteiger partial charge is 0.496 e. The number of methoxy groups -OCH3 is 1. The van der Waals surface area contributed by atoms with E-state index in [4.69, 9.17) is 4.74 Å². The summed E-state index contributed by atoms with van der Waals surface area (Å²) >= 11 is 1.23. The maximum atomic E-state index is 12.8. The van der Waals surface area contributed by atoms with Crippen LogP contribution in [0.15, 0.2) is 39.9 Å². The fourth-order valence-electron chi connectivity index (χ4n) is 3.72. The molecule has 6 nitrogen and oxygen atoms in total. The Morgan fingerprint density at radius 2 is 2.03 bits per heavy atom. The molecule has 0 saturated carbocycles. The highest BCUT2D eigenvalue weighted by Crippen LogP contribution is 2.28. The number of rotatable bonds is 7. The Bertz CT molecular complexity index is 934. The van der Waals surface area contributed by atoms with Gasteiger partial charge in [-0.3, -0.25) is 4.79 Å². The molecule has 29 heavy (non-hydrogen) atoms. The number of sulfonamides is 1. The average Bonchev–Trinajstić information content (AvgIpc) is 3.27. The predicted octanol–water partition coefficient (Wildman–Crippen LogP) is 3.73. The number of carbonyl (C=O) groups excluding carboxylic acids is 1. The zero-order valence-electron chi connectivity index (χ0n) is 17.1. The summed E-state index contributed by atoms with van der Waals surface area (Å²) in [6.07, 6.45) is 1.85. The van der Waals surface area contributed by atoms with E-state index in [0.29, 0.717) is 30.1 Å². The Morgan fingerprint density at radius 1 is 1.31 bits per heavy atom. The summed E-state index contributed by atoms with van der Waals surface area (Å²) in [5.41, 5.74) is 2.08. The molecule has 1 atom stereocenters. The SMILES string of the molecule is CC[C@@H](NC(=O)C1CCN(S(=O)(=O)c2cccs2)CC1)c1ccc(OC)c(C)c1. The van der Waals surface area contributed by atoms with Gasteiger partial charge in [-0.1, -0.05) is 25.1 Å². The monoisotopic (exact) mass is 436 g/mol. The maximum absolute atomic E-state index is 12.8. The Hall–Kier alpha value is -1.90. The van der Waals surface area contributed by atoms with E-state index in [1.165, 1.54) is 15.6 Å². The summed E-state index contributed by atoms with van der Waals surface area (Å²) in [6.45, 7) is 4.77. The van der Waals surface area contributed by atoms with E-state index < -0.39 is 10.0 Å². The number of aryl methyl sites for hydroxylation is 1. The van der Waals surface area contributed by atoms with Crippen LogP contribution in [-0.2, 0) is 14.8 Å². The highest BCUT2D eigenvalue weighted by molar-refractivity contribution is 7.91. The molecule has 0 spiro atoms. The van der Waals surface area contributed by atoms with Crippen molar-refractivity contribution in [1.82, 2.24) is 9.62 Å². The van der Waals surface area contributed by atoms with Crippen molar-refractivity contribution in [2.24, 2.45) is 5.92 Å². The first kappa shape index (κ1) is 21.8. The molecule has 158 valence electrons. The van der Waals surface area contributed by atoms with Gasteiger partial charge in [-0.2, -0.15) is 4.31 Å². The van der Waals surface area contributed by atoms with Crippen LogP contribution in [0.1, 0.15) is 43.4 Å². The van der Waals surface area contributed by atoms with E-state index in [-0.39, 0.29) is 17.9 Å². The van der Waals surface area contributed by atoms with E-state index >= 15 is 0 Å². The van der Waals surface area contributed by atoms with Gasteiger partial charge >= 0.3 is 0 Å². The van der Waals surface area contributed by atoms with Crippen LogP contribution >= 0.6 is 11.3 Å². The van der Waals surface area contributed by atoms with Crippen LogP contribution in [0.2, 0.25) is 0 Å². The summed E-state index contributed by atoms with van der Waals surface area (Å²) in [6, 6.07) is 9.25. The van der Waals surface area contributed by atoms with Crippen LogP contribution in [0.5, 0.6) is 5.75 Å². The van der Waals surface area contributed by atoms with Gasteiger partial charge in [-0.25, -0.2) is 8.42 Å². The molecule has 0 unspecified atom stereocenters. The fourth-order valence-corrected chi connectivity index (χ4v) is 6.34. The minimum absolute atomic E-state index is 0.00140. The van der Waals surface area contributed by atoms with Crippen molar-refractivity contribution in [3.05, 3.63) is 46.8 Å². The standard InChI is InChI=1S/C21H28N2O4S2/c1-4-18(17-7-8-19(27-3)15(2)14-17)22-21(24)16-9-11-23(12-10-16)29(25,26)20-6-5-13-28-20/h5-8,13-14,16,18H,4,9-12H2,1-3H3,(H,22,24)/t18-/m1/s1. The topological polar surface area (TPSA) is 75.7 Å². The number of amides is 1. The highest BCUT2D eigenvalue weighted by Gasteiger charge is 2.33. The molecular weight excluding hydrogens is 408 g/mol. The smallest absolute Gasteiger partial charge is 0.252 e. The Kier molecular flexibility index (Phi) is 6.97. The second kappa shape index (κ2) is 9.28. The maximum Gasteiger partial charge on any atom is 0.252 e. The summed E-state index contributed by atoms with van der Waals surface area (Å²) in [5.74, 6) is 0.658. The van der Waals surface area contributed by atoms with Crippen molar-refractivity contribution < 1.29 is 17.9 Å². The lowest BCUT2D eigenvalue weighted by atomic mass is 9.95. The Balaban J connectivity index is 1.61. The molecule has 2 heterocycles. The number of carbonyl (C=O) groups is 1. The molecule has 1 aliphatic rings. The first-order valence-corrected chi connectivity index (χ1v) is 12.2. The number of hydrogen-bond acceptors (Lipinski definition) is 5. The summed E-state index contributed by atoms with van der Waals surface area (Å²) < 4.78 is 32.5. The first-order valence-electron chi connectivity index (χ1n) is 9.85. The second-order valence-corrected chi connectivity index (χ2v) is 10.4. The molecule has 0 bridgehead atoms. The predicted molar refractivity (Wildman–Crippen MR) is 115 cm³/mol. The number of thiophene rings is 1.